The molecule has 8 nitrogen and oxygen atoms in total. The van der Waals surface area contributed by atoms with Crippen LogP contribution in [0.3, 0.4) is 0 Å². The van der Waals surface area contributed by atoms with Gasteiger partial charge in [0.25, 0.3) is 5.91 Å². The topological polar surface area (TPSA) is 118 Å². The molecular weight excluding hydrogens is 374 g/mol. The Labute approximate surface area is 169 Å². The molecule has 1 aliphatic carbocycles. The van der Waals surface area contributed by atoms with Crippen molar-refractivity contribution < 1.29 is 23.9 Å². The van der Waals surface area contributed by atoms with Gasteiger partial charge in [-0.2, -0.15) is 5.26 Å². The van der Waals surface area contributed by atoms with Crippen LogP contribution < -0.4 is 15.4 Å². The van der Waals surface area contributed by atoms with Crippen LogP contribution in [0.25, 0.3) is 6.08 Å². The number of amides is 3. The lowest BCUT2D eigenvalue weighted by molar-refractivity contribution is -0.144. The Balaban J connectivity index is 1.82. The first-order chi connectivity index (χ1) is 13.9. The lowest BCUT2D eigenvalue weighted by atomic mass is 9.86. The number of rotatable bonds is 6. The minimum atomic E-state index is -0.945. The van der Waals surface area contributed by atoms with E-state index in [-0.39, 0.29) is 11.6 Å². The Bertz CT molecular complexity index is 811. The molecule has 1 fully saturated rings. The van der Waals surface area contributed by atoms with Crippen LogP contribution in [-0.2, 0) is 14.3 Å². The second kappa shape index (κ2) is 10.9. The van der Waals surface area contributed by atoms with Crippen molar-refractivity contribution in [1.82, 2.24) is 10.6 Å². The number of nitrogens with one attached hydrogen (secondary N) is 2. The summed E-state index contributed by atoms with van der Waals surface area (Å²) in [6.45, 7) is 1.40. The Morgan fingerprint density at radius 3 is 2.52 bits per heavy atom. The molecular formula is C21H25N3O5. The molecule has 2 rings (SSSR count). The zero-order chi connectivity index (χ0) is 21.2. The Morgan fingerprint density at radius 2 is 1.90 bits per heavy atom. The summed E-state index contributed by atoms with van der Waals surface area (Å²) in [6.07, 6.45) is 5.43. The smallest absolute Gasteiger partial charge is 0.349 e. The number of urea groups is 1. The fourth-order valence-electron chi connectivity index (χ4n) is 3.11. The molecule has 154 valence electrons. The van der Waals surface area contributed by atoms with Crippen molar-refractivity contribution in [3.63, 3.8) is 0 Å². The highest BCUT2D eigenvalue weighted by molar-refractivity contribution is 6.00. The standard InChI is InChI=1S/C21H25N3O5/c1-14-5-3-4-6-18(14)23-21(27)24-19(25)13-29-20(26)16(12-22)11-15-7-9-17(28-2)10-8-15/h7-11,14,18H,3-6,13H2,1-2H3,(H2,23,24,25,27)/b16-11+/t14-,18-/m1/s1. The predicted molar refractivity (Wildman–Crippen MR) is 106 cm³/mol. The molecule has 1 saturated carbocycles. The van der Waals surface area contributed by atoms with Crippen molar-refractivity contribution in [2.75, 3.05) is 13.7 Å². The van der Waals surface area contributed by atoms with Crippen LogP contribution in [0.1, 0.15) is 38.2 Å². The molecule has 1 aromatic rings. The number of ether oxygens (including phenoxy) is 2. The third-order valence-electron chi connectivity index (χ3n) is 4.78. The number of carbonyl (C=O) groups excluding carboxylic acids is 3. The molecule has 3 amide bonds. The quantitative estimate of drug-likeness (QED) is 0.431. The number of benzene rings is 1. The summed E-state index contributed by atoms with van der Waals surface area (Å²) in [5, 5.41) is 14.1. The summed E-state index contributed by atoms with van der Waals surface area (Å²) in [5.41, 5.74) is 0.341. The van der Waals surface area contributed by atoms with E-state index in [4.69, 9.17) is 14.7 Å². The fraction of sp³-hybridized carbons (Fsp3) is 0.429. The van der Waals surface area contributed by atoms with E-state index in [1.54, 1.807) is 30.3 Å². The molecule has 0 bridgehead atoms. The van der Waals surface area contributed by atoms with E-state index in [0.29, 0.717) is 17.2 Å². The van der Waals surface area contributed by atoms with E-state index in [9.17, 15) is 14.4 Å². The second-order valence-corrected chi connectivity index (χ2v) is 6.91. The van der Waals surface area contributed by atoms with Crippen molar-refractivity contribution in [3.8, 4) is 11.8 Å². The van der Waals surface area contributed by atoms with Crippen LogP contribution in [0.15, 0.2) is 29.8 Å². The van der Waals surface area contributed by atoms with Gasteiger partial charge in [0, 0.05) is 6.04 Å². The van der Waals surface area contributed by atoms with Gasteiger partial charge in [0.2, 0.25) is 0 Å². The van der Waals surface area contributed by atoms with Crippen molar-refractivity contribution in [2.24, 2.45) is 5.92 Å². The van der Waals surface area contributed by atoms with Gasteiger partial charge in [-0.1, -0.05) is 31.9 Å². The zero-order valence-electron chi connectivity index (χ0n) is 16.6. The van der Waals surface area contributed by atoms with Crippen LogP contribution in [0.2, 0.25) is 0 Å². The van der Waals surface area contributed by atoms with E-state index in [2.05, 4.69) is 17.6 Å². The first-order valence-electron chi connectivity index (χ1n) is 9.46. The van der Waals surface area contributed by atoms with E-state index in [0.717, 1.165) is 25.7 Å². The highest BCUT2D eigenvalue weighted by Crippen LogP contribution is 2.23. The molecule has 0 heterocycles. The lowest BCUT2D eigenvalue weighted by Gasteiger charge is -2.29. The molecule has 0 saturated heterocycles. The van der Waals surface area contributed by atoms with Crippen molar-refractivity contribution >= 4 is 24.0 Å². The average molecular weight is 399 g/mol. The molecule has 2 N–H and O–H groups in total. The molecule has 0 unspecified atom stereocenters. The molecule has 1 aliphatic rings. The number of nitrogens with zero attached hydrogens (tertiary/aromatic N) is 1. The van der Waals surface area contributed by atoms with Crippen LogP contribution >= 0.6 is 0 Å². The van der Waals surface area contributed by atoms with Crippen molar-refractivity contribution in [1.29, 1.82) is 5.26 Å². The summed E-state index contributed by atoms with van der Waals surface area (Å²) >= 11 is 0. The highest BCUT2D eigenvalue weighted by atomic mass is 16.5. The molecule has 0 aromatic heterocycles. The Morgan fingerprint density at radius 1 is 1.21 bits per heavy atom. The number of hydrogen-bond donors (Lipinski definition) is 2. The molecule has 0 radical (unpaired) electrons. The number of imide groups is 1. The van der Waals surface area contributed by atoms with Gasteiger partial charge in [-0.25, -0.2) is 9.59 Å². The summed E-state index contributed by atoms with van der Waals surface area (Å²) in [7, 11) is 1.53. The summed E-state index contributed by atoms with van der Waals surface area (Å²) in [6, 6.07) is 7.88. The van der Waals surface area contributed by atoms with Gasteiger partial charge in [0.05, 0.1) is 7.11 Å². The van der Waals surface area contributed by atoms with Gasteiger partial charge in [-0.15, -0.1) is 0 Å². The largest absolute Gasteiger partial charge is 0.497 e. The van der Waals surface area contributed by atoms with Gasteiger partial charge < -0.3 is 14.8 Å². The van der Waals surface area contributed by atoms with Gasteiger partial charge in [-0.05, 0) is 42.5 Å². The number of esters is 1. The Hall–Kier alpha value is -3.34. The van der Waals surface area contributed by atoms with Gasteiger partial charge in [0.1, 0.15) is 17.4 Å². The molecule has 0 aliphatic heterocycles. The summed E-state index contributed by atoms with van der Waals surface area (Å²) in [4.78, 5) is 35.8. The number of hydrogen-bond acceptors (Lipinski definition) is 6. The molecule has 29 heavy (non-hydrogen) atoms. The highest BCUT2D eigenvalue weighted by Gasteiger charge is 2.23. The lowest BCUT2D eigenvalue weighted by Crippen LogP contribution is -2.48. The number of methoxy groups -OCH3 is 1. The maximum Gasteiger partial charge on any atom is 0.349 e. The van der Waals surface area contributed by atoms with Crippen molar-refractivity contribution in [3.05, 3.63) is 35.4 Å². The molecule has 1 aromatic carbocycles. The second-order valence-electron chi connectivity index (χ2n) is 6.91. The Kier molecular flexibility index (Phi) is 8.22. The predicted octanol–water partition coefficient (Wildman–Crippen LogP) is 2.55. The van der Waals surface area contributed by atoms with Crippen LogP contribution in [0, 0.1) is 17.2 Å². The minimum Gasteiger partial charge on any atom is -0.497 e. The van der Waals surface area contributed by atoms with Crippen molar-refractivity contribution in [2.45, 2.75) is 38.6 Å². The van der Waals surface area contributed by atoms with Gasteiger partial charge >= 0.3 is 12.0 Å². The van der Waals surface area contributed by atoms with E-state index < -0.39 is 24.5 Å². The van der Waals surface area contributed by atoms with Gasteiger partial charge in [0.15, 0.2) is 6.61 Å². The number of nitriles is 1. The average Bonchev–Trinajstić information content (AvgIpc) is 2.72. The van der Waals surface area contributed by atoms with Crippen LogP contribution in [0.5, 0.6) is 5.75 Å². The third-order valence-corrected chi connectivity index (χ3v) is 4.78. The third kappa shape index (κ3) is 6.96. The monoisotopic (exact) mass is 399 g/mol. The maximum absolute atomic E-state index is 12.0. The van der Waals surface area contributed by atoms with E-state index in [1.165, 1.54) is 13.2 Å². The minimum absolute atomic E-state index is 0.0247. The maximum atomic E-state index is 12.0. The van der Waals surface area contributed by atoms with Gasteiger partial charge in [-0.3, -0.25) is 10.1 Å². The first-order valence-corrected chi connectivity index (χ1v) is 9.46. The molecule has 2 atom stereocenters. The van der Waals surface area contributed by atoms with E-state index >= 15 is 0 Å². The normalized spacial score (nSPS) is 18.9. The first kappa shape index (κ1) is 22.0. The fourth-order valence-corrected chi connectivity index (χ4v) is 3.11. The summed E-state index contributed by atoms with van der Waals surface area (Å²) < 4.78 is 9.88. The van der Waals surface area contributed by atoms with Crippen LogP contribution in [-0.4, -0.2) is 37.7 Å². The molecule has 8 heteroatoms. The SMILES string of the molecule is COc1ccc(/C=C(\C#N)C(=O)OCC(=O)NC(=O)N[C@@H]2CCCC[C@H]2C)cc1. The van der Waals surface area contributed by atoms with E-state index in [1.807, 2.05) is 0 Å². The van der Waals surface area contributed by atoms with Crippen LogP contribution in [0.4, 0.5) is 4.79 Å². The number of carbonyl (C=O) groups is 3. The zero-order valence-corrected chi connectivity index (χ0v) is 16.6. The summed E-state index contributed by atoms with van der Waals surface area (Å²) in [5.74, 6) is -0.717. The molecule has 0 spiro atoms.